The Balaban J connectivity index is 2.19. The minimum Gasteiger partial charge on any atom is -0.481 e. The number of carboxylic acids is 1. The number of aliphatic carboxylic acids is 1. The first kappa shape index (κ1) is 15.9. The van der Waals surface area contributed by atoms with Crippen LogP contribution in [0.1, 0.15) is 51.0 Å². The second-order valence-electron chi connectivity index (χ2n) is 6.19. The van der Waals surface area contributed by atoms with Gasteiger partial charge in [-0.3, -0.25) is 4.79 Å². The molecule has 2 rings (SSSR count). The van der Waals surface area contributed by atoms with Crippen LogP contribution in [0.25, 0.3) is 0 Å². The molecular formula is C17H22F2O2. The molecule has 1 N–H and O–H groups in total. The van der Waals surface area contributed by atoms with Crippen molar-refractivity contribution in [2.45, 2.75) is 51.9 Å². The SMILES string of the molecule is CCCC1CCC(Cc2c(F)cccc2F)(C(=O)O)CC1. The van der Waals surface area contributed by atoms with Crippen molar-refractivity contribution in [3.8, 4) is 0 Å². The van der Waals surface area contributed by atoms with Gasteiger partial charge in [-0.05, 0) is 50.2 Å². The Morgan fingerprint density at radius 2 is 1.86 bits per heavy atom. The minimum atomic E-state index is -1.02. The summed E-state index contributed by atoms with van der Waals surface area (Å²) in [6.07, 6.45) is 4.80. The molecule has 0 bridgehead atoms. The van der Waals surface area contributed by atoms with Crippen LogP contribution in [0.3, 0.4) is 0 Å². The second kappa shape index (κ2) is 6.54. The summed E-state index contributed by atoms with van der Waals surface area (Å²) in [4.78, 5) is 11.7. The smallest absolute Gasteiger partial charge is 0.309 e. The molecule has 116 valence electrons. The van der Waals surface area contributed by atoms with Crippen LogP contribution in [0, 0.1) is 23.0 Å². The van der Waals surface area contributed by atoms with Gasteiger partial charge < -0.3 is 5.11 Å². The molecule has 1 saturated carbocycles. The first-order valence-corrected chi connectivity index (χ1v) is 7.65. The Hall–Kier alpha value is -1.45. The molecule has 0 saturated heterocycles. The van der Waals surface area contributed by atoms with Crippen molar-refractivity contribution in [1.82, 2.24) is 0 Å². The summed E-state index contributed by atoms with van der Waals surface area (Å²) in [7, 11) is 0. The molecular weight excluding hydrogens is 274 g/mol. The van der Waals surface area contributed by atoms with E-state index in [1.807, 2.05) is 0 Å². The Morgan fingerprint density at radius 3 is 2.33 bits per heavy atom. The predicted octanol–water partition coefficient (Wildman–Crippen LogP) is 4.57. The van der Waals surface area contributed by atoms with Gasteiger partial charge in [0.05, 0.1) is 5.41 Å². The van der Waals surface area contributed by atoms with Crippen LogP contribution in [0.2, 0.25) is 0 Å². The number of rotatable bonds is 5. The fraction of sp³-hybridized carbons (Fsp3) is 0.588. The maximum atomic E-state index is 13.8. The van der Waals surface area contributed by atoms with Crippen LogP contribution in [0.5, 0.6) is 0 Å². The largest absolute Gasteiger partial charge is 0.481 e. The van der Waals surface area contributed by atoms with E-state index in [0.717, 1.165) is 25.7 Å². The Bertz CT molecular complexity index is 485. The van der Waals surface area contributed by atoms with E-state index in [9.17, 15) is 18.7 Å². The number of benzene rings is 1. The molecule has 2 nitrogen and oxygen atoms in total. The van der Waals surface area contributed by atoms with Crippen LogP contribution in [0.15, 0.2) is 18.2 Å². The average molecular weight is 296 g/mol. The highest BCUT2D eigenvalue weighted by Crippen LogP contribution is 2.43. The van der Waals surface area contributed by atoms with Crippen LogP contribution < -0.4 is 0 Å². The average Bonchev–Trinajstić information content (AvgIpc) is 2.45. The van der Waals surface area contributed by atoms with Crippen LogP contribution in [-0.4, -0.2) is 11.1 Å². The van der Waals surface area contributed by atoms with E-state index < -0.39 is 23.0 Å². The van der Waals surface area contributed by atoms with Gasteiger partial charge in [0.25, 0.3) is 0 Å². The summed E-state index contributed by atoms with van der Waals surface area (Å²) in [6.45, 7) is 2.12. The molecule has 0 aromatic heterocycles. The normalized spacial score (nSPS) is 25.8. The molecule has 21 heavy (non-hydrogen) atoms. The van der Waals surface area contributed by atoms with Gasteiger partial charge in [0.2, 0.25) is 0 Å². The van der Waals surface area contributed by atoms with E-state index in [2.05, 4.69) is 6.92 Å². The van der Waals surface area contributed by atoms with Gasteiger partial charge in [-0.25, -0.2) is 8.78 Å². The first-order chi connectivity index (χ1) is 9.98. The van der Waals surface area contributed by atoms with E-state index in [1.54, 1.807) is 0 Å². The Morgan fingerprint density at radius 1 is 1.29 bits per heavy atom. The number of hydrogen-bond acceptors (Lipinski definition) is 1. The first-order valence-electron chi connectivity index (χ1n) is 7.65. The molecule has 1 aromatic rings. The number of carboxylic acid groups (broad SMARTS) is 1. The van der Waals surface area contributed by atoms with Gasteiger partial charge in [0, 0.05) is 5.56 Å². The summed E-state index contributed by atoms with van der Waals surface area (Å²) < 4.78 is 27.6. The maximum absolute atomic E-state index is 13.8. The van der Waals surface area contributed by atoms with Crippen molar-refractivity contribution in [3.63, 3.8) is 0 Å². The summed E-state index contributed by atoms with van der Waals surface area (Å²) in [5.74, 6) is -1.68. The van der Waals surface area contributed by atoms with E-state index in [0.29, 0.717) is 18.8 Å². The van der Waals surface area contributed by atoms with Crippen LogP contribution >= 0.6 is 0 Å². The third-order valence-corrected chi connectivity index (χ3v) is 4.79. The fourth-order valence-electron chi connectivity index (χ4n) is 3.43. The molecule has 1 aliphatic carbocycles. The summed E-state index contributed by atoms with van der Waals surface area (Å²) in [5, 5.41) is 9.60. The van der Waals surface area contributed by atoms with Gasteiger partial charge >= 0.3 is 5.97 Å². The van der Waals surface area contributed by atoms with Gasteiger partial charge in [0.15, 0.2) is 0 Å². The lowest BCUT2D eigenvalue weighted by Crippen LogP contribution is -2.38. The molecule has 1 fully saturated rings. The van der Waals surface area contributed by atoms with Crippen molar-refractivity contribution in [2.24, 2.45) is 11.3 Å². The lowest BCUT2D eigenvalue weighted by atomic mass is 9.66. The molecule has 0 atom stereocenters. The zero-order valence-electron chi connectivity index (χ0n) is 12.4. The van der Waals surface area contributed by atoms with Crippen molar-refractivity contribution >= 4 is 5.97 Å². The number of halogens is 2. The Kier molecular flexibility index (Phi) is 4.96. The van der Waals surface area contributed by atoms with E-state index >= 15 is 0 Å². The molecule has 0 spiro atoms. The van der Waals surface area contributed by atoms with Crippen molar-refractivity contribution < 1.29 is 18.7 Å². The standard InChI is InChI=1S/C17H22F2O2/c1-2-4-12-7-9-17(10-8-12,16(20)21)11-13-14(18)5-3-6-15(13)19/h3,5-6,12H,2,4,7-11H2,1H3,(H,20,21). The van der Waals surface area contributed by atoms with Crippen LogP contribution in [0.4, 0.5) is 8.78 Å². The Labute approximate surface area is 124 Å². The summed E-state index contributed by atoms with van der Waals surface area (Å²) >= 11 is 0. The van der Waals surface area contributed by atoms with Gasteiger partial charge in [-0.2, -0.15) is 0 Å². The third-order valence-electron chi connectivity index (χ3n) is 4.79. The molecule has 0 radical (unpaired) electrons. The molecule has 0 unspecified atom stereocenters. The second-order valence-corrected chi connectivity index (χ2v) is 6.19. The number of hydrogen-bond donors (Lipinski definition) is 1. The number of carbonyl (C=O) groups is 1. The van der Waals surface area contributed by atoms with E-state index in [-0.39, 0.29) is 12.0 Å². The zero-order chi connectivity index (χ0) is 15.5. The third kappa shape index (κ3) is 3.42. The van der Waals surface area contributed by atoms with Gasteiger partial charge in [0.1, 0.15) is 11.6 Å². The predicted molar refractivity (Wildman–Crippen MR) is 77.0 cm³/mol. The van der Waals surface area contributed by atoms with Crippen molar-refractivity contribution in [1.29, 1.82) is 0 Å². The molecule has 1 aliphatic rings. The molecule has 0 aliphatic heterocycles. The summed E-state index contributed by atoms with van der Waals surface area (Å²) in [6, 6.07) is 3.69. The van der Waals surface area contributed by atoms with E-state index in [1.165, 1.54) is 18.2 Å². The highest BCUT2D eigenvalue weighted by atomic mass is 19.1. The molecule has 1 aromatic carbocycles. The molecule has 0 heterocycles. The summed E-state index contributed by atoms with van der Waals surface area (Å²) in [5.41, 5.74) is -1.11. The monoisotopic (exact) mass is 296 g/mol. The van der Waals surface area contributed by atoms with Crippen molar-refractivity contribution in [2.75, 3.05) is 0 Å². The zero-order valence-corrected chi connectivity index (χ0v) is 12.4. The lowest BCUT2D eigenvalue weighted by molar-refractivity contribution is -0.151. The minimum absolute atomic E-state index is 0.0559. The van der Waals surface area contributed by atoms with E-state index in [4.69, 9.17) is 0 Å². The van der Waals surface area contributed by atoms with Gasteiger partial charge in [-0.15, -0.1) is 0 Å². The topological polar surface area (TPSA) is 37.3 Å². The highest BCUT2D eigenvalue weighted by molar-refractivity contribution is 5.75. The molecule has 4 heteroatoms. The lowest BCUT2D eigenvalue weighted by Gasteiger charge is -2.37. The van der Waals surface area contributed by atoms with Crippen molar-refractivity contribution in [3.05, 3.63) is 35.4 Å². The molecule has 0 amide bonds. The highest BCUT2D eigenvalue weighted by Gasteiger charge is 2.42. The van der Waals surface area contributed by atoms with Crippen LogP contribution in [-0.2, 0) is 11.2 Å². The quantitative estimate of drug-likeness (QED) is 0.864. The van der Waals surface area contributed by atoms with Gasteiger partial charge in [-0.1, -0.05) is 25.8 Å². The fourth-order valence-corrected chi connectivity index (χ4v) is 3.43. The maximum Gasteiger partial charge on any atom is 0.309 e.